The van der Waals surface area contributed by atoms with E-state index in [1.807, 2.05) is 0 Å². The number of benzene rings is 1. The summed E-state index contributed by atoms with van der Waals surface area (Å²) in [6.45, 7) is 5.42. The minimum absolute atomic E-state index is 0.122. The third kappa shape index (κ3) is 4.60. The summed E-state index contributed by atoms with van der Waals surface area (Å²) < 4.78 is 32.2. The zero-order valence-corrected chi connectivity index (χ0v) is 12.9. The Balaban J connectivity index is 1.94. The number of hydrogen-bond acceptors (Lipinski definition) is 5. The molecule has 0 saturated carbocycles. The lowest BCUT2D eigenvalue weighted by Gasteiger charge is -2.26. The highest BCUT2D eigenvalue weighted by molar-refractivity contribution is 7.89. The molecule has 0 spiro atoms. The van der Waals surface area contributed by atoms with Gasteiger partial charge in [-0.25, -0.2) is 13.1 Å². The average molecular weight is 312 g/mol. The number of ketones is 1. The standard InChI is InChI=1S/C14H20N2O4S/c1-12(17)13-3-2-4-14(11-13)21(18,19)15-5-6-16-7-9-20-10-8-16/h2-4,11,15H,5-10H2,1H3. The summed E-state index contributed by atoms with van der Waals surface area (Å²) in [5, 5.41) is 0. The second-order valence-electron chi connectivity index (χ2n) is 4.94. The first-order valence-electron chi connectivity index (χ1n) is 6.90. The van der Waals surface area contributed by atoms with Gasteiger partial charge in [-0.15, -0.1) is 0 Å². The maximum Gasteiger partial charge on any atom is 0.240 e. The fourth-order valence-electron chi connectivity index (χ4n) is 2.13. The van der Waals surface area contributed by atoms with Crippen LogP contribution >= 0.6 is 0 Å². The van der Waals surface area contributed by atoms with Gasteiger partial charge in [0, 0.05) is 31.7 Å². The minimum Gasteiger partial charge on any atom is -0.379 e. The van der Waals surface area contributed by atoms with E-state index >= 15 is 0 Å². The van der Waals surface area contributed by atoms with Crippen molar-refractivity contribution >= 4 is 15.8 Å². The molecule has 116 valence electrons. The van der Waals surface area contributed by atoms with Gasteiger partial charge in [0.15, 0.2) is 5.78 Å². The molecule has 1 aliphatic heterocycles. The third-order valence-corrected chi connectivity index (χ3v) is 4.83. The highest BCUT2D eigenvalue weighted by Crippen LogP contribution is 2.11. The molecule has 21 heavy (non-hydrogen) atoms. The Morgan fingerprint density at radius 1 is 1.33 bits per heavy atom. The van der Waals surface area contributed by atoms with E-state index in [2.05, 4.69) is 9.62 Å². The van der Waals surface area contributed by atoms with Gasteiger partial charge < -0.3 is 4.74 Å². The second kappa shape index (κ2) is 7.13. The van der Waals surface area contributed by atoms with Crippen molar-refractivity contribution in [3.63, 3.8) is 0 Å². The highest BCUT2D eigenvalue weighted by Gasteiger charge is 2.16. The molecule has 0 radical (unpaired) electrons. The number of morpholine rings is 1. The number of sulfonamides is 1. The predicted molar refractivity (Wildman–Crippen MR) is 78.9 cm³/mol. The summed E-state index contributed by atoms with van der Waals surface area (Å²) in [6.07, 6.45) is 0. The lowest BCUT2D eigenvalue weighted by molar-refractivity contribution is 0.0390. The molecule has 0 aliphatic carbocycles. The fourth-order valence-corrected chi connectivity index (χ4v) is 3.19. The van der Waals surface area contributed by atoms with E-state index in [-0.39, 0.29) is 10.7 Å². The molecule has 1 aromatic rings. The molecule has 0 atom stereocenters. The van der Waals surface area contributed by atoms with Gasteiger partial charge in [0.25, 0.3) is 0 Å². The van der Waals surface area contributed by atoms with Crippen molar-refractivity contribution in [1.29, 1.82) is 0 Å². The largest absolute Gasteiger partial charge is 0.379 e. The summed E-state index contributed by atoms with van der Waals surface area (Å²) in [4.78, 5) is 13.6. The molecule has 1 aromatic carbocycles. The van der Waals surface area contributed by atoms with Crippen molar-refractivity contribution in [1.82, 2.24) is 9.62 Å². The van der Waals surface area contributed by atoms with Crippen LogP contribution in [0.1, 0.15) is 17.3 Å². The van der Waals surface area contributed by atoms with Gasteiger partial charge in [-0.3, -0.25) is 9.69 Å². The van der Waals surface area contributed by atoms with Crippen LogP contribution in [0.5, 0.6) is 0 Å². The first kappa shape index (κ1) is 16.1. The molecule has 1 saturated heterocycles. The van der Waals surface area contributed by atoms with Crippen LogP contribution in [0.4, 0.5) is 0 Å². The number of carbonyl (C=O) groups excluding carboxylic acids is 1. The Bertz CT molecular complexity index is 595. The predicted octanol–water partition coefficient (Wildman–Crippen LogP) is 0.500. The van der Waals surface area contributed by atoms with Crippen LogP contribution in [-0.2, 0) is 14.8 Å². The van der Waals surface area contributed by atoms with Crippen molar-refractivity contribution in [3.05, 3.63) is 29.8 Å². The maximum absolute atomic E-state index is 12.2. The van der Waals surface area contributed by atoms with E-state index in [1.165, 1.54) is 19.1 Å². The molecule has 6 nitrogen and oxygen atoms in total. The SMILES string of the molecule is CC(=O)c1cccc(S(=O)(=O)NCCN2CCOCC2)c1. The van der Waals surface area contributed by atoms with Crippen LogP contribution in [-0.4, -0.2) is 58.5 Å². The number of hydrogen-bond donors (Lipinski definition) is 1. The molecule has 0 aromatic heterocycles. The van der Waals surface area contributed by atoms with Crippen LogP contribution in [0.2, 0.25) is 0 Å². The Hall–Kier alpha value is -1.28. The maximum atomic E-state index is 12.2. The highest BCUT2D eigenvalue weighted by atomic mass is 32.2. The van der Waals surface area contributed by atoms with E-state index in [0.717, 1.165) is 13.1 Å². The Morgan fingerprint density at radius 2 is 2.05 bits per heavy atom. The first-order chi connectivity index (χ1) is 9.99. The summed E-state index contributed by atoms with van der Waals surface area (Å²) in [5.41, 5.74) is 0.394. The van der Waals surface area contributed by atoms with Gasteiger partial charge >= 0.3 is 0 Å². The minimum atomic E-state index is -3.58. The van der Waals surface area contributed by atoms with Crippen LogP contribution in [0.15, 0.2) is 29.2 Å². The Kier molecular flexibility index (Phi) is 5.46. The van der Waals surface area contributed by atoms with E-state index in [9.17, 15) is 13.2 Å². The third-order valence-electron chi connectivity index (χ3n) is 3.37. The average Bonchev–Trinajstić information content (AvgIpc) is 2.48. The smallest absolute Gasteiger partial charge is 0.240 e. The molecule has 1 fully saturated rings. The zero-order chi connectivity index (χ0) is 15.3. The van der Waals surface area contributed by atoms with Gasteiger partial charge in [0.2, 0.25) is 10.0 Å². The normalized spacial score (nSPS) is 16.8. The van der Waals surface area contributed by atoms with E-state index in [0.29, 0.717) is 31.9 Å². The molecule has 0 amide bonds. The number of nitrogens with zero attached hydrogens (tertiary/aromatic N) is 1. The van der Waals surface area contributed by atoms with E-state index < -0.39 is 10.0 Å². The van der Waals surface area contributed by atoms with Gasteiger partial charge in [0.05, 0.1) is 18.1 Å². The van der Waals surface area contributed by atoms with Gasteiger partial charge in [0.1, 0.15) is 0 Å². The summed E-state index contributed by atoms with van der Waals surface area (Å²) in [5.74, 6) is -0.152. The molecule has 7 heteroatoms. The number of rotatable bonds is 6. The number of ether oxygens (including phenoxy) is 1. The molecule has 1 heterocycles. The monoisotopic (exact) mass is 312 g/mol. The lowest BCUT2D eigenvalue weighted by Crippen LogP contribution is -2.41. The van der Waals surface area contributed by atoms with Crippen molar-refractivity contribution in [2.75, 3.05) is 39.4 Å². The molecule has 0 unspecified atom stereocenters. The van der Waals surface area contributed by atoms with Crippen molar-refractivity contribution in [2.45, 2.75) is 11.8 Å². The first-order valence-corrected chi connectivity index (χ1v) is 8.38. The molecule has 2 rings (SSSR count). The molecular formula is C14H20N2O4S. The van der Waals surface area contributed by atoms with E-state index in [4.69, 9.17) is 4.74 Å². The van der Waals surface area contributed by atoms with E-state index in [1.54, 1.807) is 12.1 Å². The molecule has 1 N–H and O–H groups in total. The van der Waals surface area contributed by atoms with Crippen LogP contribution in [0, 0.1) is 0 Å². The number of Topliss-reactive ketones (excluding diaryl/α,β-unsaturated/α-hetero) is 1. The van der Waals surface area contributed by atoms with Crippen LogP contribution < -0.4 is 4.72 Å². The second-order valence-corrected chi connectivity index (χ2v) is 6.70. The zero-order valence-electron chi connectivity index (χ0n) is 12.0. The Labute approximate surface area is 125 Å². The lowest BCUT2D eigenvalue weighted by atomic mass is 10.2. The molecule has 1 aliphatic rings. The number of nitrogens with one attached hydrogen (secondary N) is 1. The molecule has 0 bridgehead atoms. The molecular weight excluding hydrogens is 292 g/mol. The van der Waals surface area contributed by atoms with Gasteiger partial charge in [-0.2, -0.15) is 0 Å². The van der Waals surface area contributed by atoms with Crippen molar-refractivity contribution < 1.29 is 17.9 Å². The quantitative estimate of drug-likeness (QED) is 0.774. The van der Waals surface area contributed by atoms with Crippen molar-refractivity contribution in [2.24, 2.45) is 0 Å². The van der Waals surface area contributed by atoms with Crippen LogP contribution in [0.25, 0.3) is 0 Å². The van der Waals surface area contributed by atoms with Crippen LogP contribution in [0.3, 0.4) is 0 Å². The Morgan fingerprint density at radius 3 is 2.71 bits per heavy atom. The van der Waals surface area contributed by atoms with Gasteiger partial charge in [-0.05, 0) is 19.1 Å². The van der Waals surface area contributed by atoms with Gasteiger partial charge in [-0.1, -0.05) is 12.1 Å². The summed E-state index contributed by atoms with van der Waals surface area (Å²) in [7, 11) is -3.58. The number of carbonyl (C=O) groups is 1. The fraction of sp³-hybridized carbons (Fsp3) is 0.500. The summed E-state index contributed by atoms with van der Waals surface area (Å²) in [6, 6.07) is 6.07. The van der Waals surface area contributed by atoms with Crippen molar-refractivity contribution in [3.8, 4) is 0 Å². The summed E-state index contributed by atoms with van der Waals surface area (Å²) >= 11 is 0. The topological polar surface area (TPSA) is 75.7 Å².